The molecule has 0 amide bonds. The highest BCUT2D eigenvalue weighted by atomic mass is 79.9. The van der Waals surface area contributed by atoms with Crippen molar-refractivity contribution in [3.8, 4) is 11.5 Å². The van der Waals surface area contributed by atoms with E-state index in [9.17, 15) is 4.79 Å². The van der Waals surface area contributed by atoms with Gasteiger partial charge in [-0.25, -0.2) is 0 Å². The van der Waals surface area contributed by atoms with Crippen molar-refractivity contribution in [2.45, 2.75) is 39.5 Å². The molecule has 1 aromatic carbocycles. The Kier molecular flexibility index (Phi) is 6.29. The zero-order chi connectivity index (χ0) is 15.3. The molecule has 1 rings (SSSR count). The van der Waals surface area contributed by atoms with E-state index in [-0.39, 0.29) is 6.10 Å². The largest absolute Gasteiger partial charge is 0.493 e. The number of carbonyl (C=O) groups is 1. The lowest BCUT2D eigenvalue weighted by atomic mass is 10.2. The molecule has 0 aliphatic heterocycles. The van der Waals surface area contributed by atoms with E-state index >= 15 is 0 Å². The highest BCUT2D eigenvalue weighted by Gasteiger charge is 2.14. The van der Waals surface area contributed by atoms with Crippen molar-refractivity contribution in [3.63, 3.8) is 0 Å². The minimum absolute atomic E-state index is 0.0382. The smallest absolute Gasteiger partial charge is 0.320 e. The third kappa shape index (κ3) is 4.68. The van der Waals surface area contributed by atoms with Crippen LogP contribution in [-0.2, 0) is 11.3 Å². The van der Waals surface area contributed by atoms with E-state index in [0.29, 0.717) is 18.0 Å². The summed E-state index contributed by atoms with van der Waals surface area (Å²) in [5, 5.41) is 11.8. The van der Waals surface area contributed by atoms with E-state index < -0.39 is 12.0 Å². The van der Waals surface area contributed by atoms with Gasteiger partial charge in [-0.05, 0) is 54.4 Å². The average Bonchev–Trinajstić information content (AvgIpc) is 2.37. The summed E-state index contributed by atoms with van der Waals surface area (Å²) in [6.45, 7) is 5.92. The van der Waals surface area contributed by atoms with E-state index in [1.807, 2.05) is 26.0 Å². The van der Waals surface area contributed by atoms with Crippen molar-refractivity contribution in [1.29, 1.82) is 0 Å². The quantitative estimate of drug-likeness (QED) is 0.795. The van der Waals surface area contributed by atoms with Crippen LogP contribution in [0.2, 0.25) is 0 Å². The van der Waals surface area contributed by atoms with Crippen molar-refractivity contribution in [2.75, 3.05) is 7.11 Å². The Morgan fingerprint density at radius 2 is 2.05 bits per heavy atom. The number of benzene rings is 1. The van der Waals surface area contributed by atoms with E-state index in [4.69, 9.17) is 14.6 Å². The Bertz CT molecular complexity index is 476. The molecule has 0 aromatic heterocycles. The highest BCUT2D eigenvalue weighted by Crippen LogP contribution is 2.37. The van der Waals surface area contributed by atoms with Crippen LogP contribution in [0.15, 0.2) is 16.6 Å². The number of hydrogen-bond acceptors (Lipinski definition) is 4. The molecule has 2 N–H and O–H groups in total. The van der Waals surface area contributed by atoms with Crippen LogP contribution in [0.25, 0.3) is 0 Å². The minimum atomic E-state index is -0.879. The Hall–Kier alpha value is -1.27. The van der Waals surface area contributed by atoms with Crippen LogP contribution < -0.4 is 14.8 Å². The molecular weight excluding hydrogens is 326 g/mol. The molecule has 0 saturated carbocycles. The molecule has 0 heterocycles. The van der Waals surface area contributed by atoms with Gasteiger partial charge in [0.15, 0.2) is 11.5 Å². The van der Waals surface area contributed by atoms with Crippen molar-refractivity contribution in [2.24, 2.45) is 0 Å². The van der Waals surface area contributed by atoms with Gasteiger partial charge in [0.25, 0.3) is 0 Å². The predicted octanol–water partition coefficient (Wildman–Crippen LogP) is 2.81. The summed E-state index contributed by atoms with van der Waals surface area (Å²) in [4.78, 5) is 10.8. The highest BCUT2D eigenvalue weighted by molar-refractivity contribution is 9.10. The van der Waals surface area contributed by atoms with Crippen LogP contribution in [0.4, 0.5) is 0 Å². The van der Waals surface area contributed by atoms with Gasteiger partial charge in [-0.3, -0.25) is 4.79 Å². The van der Waals surface area contributed by atoms with Crippen molar-refractivity contribution < 1.29 is 19.4 Å². The lowest BCUT2D eigenvalue weighted by molar-refractivity contribution is -0.139. The summed E-state index contributed by atoms with van der Waals surface area (Å²) < 4.78 is 11.8. The average molecular weight is 346 g/mol. The Morgan fingerprint density at radius 1 is 1.40 bits per heavy atom. The maximum atomic E-state index is 10.8. The van der Waals surface area contributed by atoms with Crippen LogP contribution in [0.1, 0.15) is 26.3 Å². The van der Waals surface area contributed by atoms with E-state index in [0.717, 1.165) is 10.0 Å². The number of halogens is 1. The Balaban J connectivity index is 2.90. The van der Waals surface area contributed by atoms with Gasteiger partial charge in [0.1, 0.15) is 6.04 Å². The normalized spacial score (nSPS) is 12.3. The summed E-state index contributed by atoms with van der Waals surface area (Å²) in [7, 11) is 1.58. The topological polar surface area (TPSA) is 67.8 Å². The van der Waals surface area contributed by atoms with E-state index in [2.05, 4.69) is 21.2 Å². The fraction of sp³-hybridized carbons (Fsp3) is 0.500. The van der Waals surface area contributed by atoms with Gasteiger partial charge < -0.3 is 19.9 Å². The number of aliphatic carboxylic acids is 1. The molecule has 0 aliphatic carbocycles. The van der Waals surface area contributed by atoms with Gasteiger partial charge in [0.05, 0.1) is 17.7 Å². The SMILES string of the molecule is COc1cc(CNC(C)C(=O)O)cc(Br)c1OC(C)C. The van der Waals surface area contributed by atoms with Gasteiger partial charge >= 0.3 is 5.97 Å². The third-order valence-electron chi connectivity index (χ3n) is 2.63. The predicted molar refractivity (Wildman–Crippen MR) is 80.4 cm³/mol. The van der Waals surface area contributed by atoms with Crippen molar-refractivity contribution in [1.82, 2.24) is 5.32 Å². The Labute approximate surface area is 127 Å². The lowest BCUT2D eigenvalue weighted by Crippen LogP contribution is -2.33. The zero-order valence-electron chi connectivity index (χ0n) is 12.1. The summed E-state index contributed by atoms with van der Waals surface area (Å²) in [6.07, 6.45) is 0.0382. The van der Waals surface area contributed by atoms with Crippen LogP contribution >= 0.6 is 15.9 Å². The Morgan fingerprint density at radius 3 is 2.55 bits per heavy atom. The first-order chi connectivity index (χ1) is 9.35. The maximum Gasteiger partial charge on any atom is 0.320 e. The van der Waals surface area contributed by atoms with Crippen LogP contribution in [0.3, 0.4) is 0 Å². The number of carboxylic acid groups (broad SMARTS) is 1. The molecular formula is C14H20BrNO4. The van der Waals surface area contributed by atoms with Crippen molar-refractivity contribution in [3.05, 3.63) is 22.2 Å². The first-order valence-electron chi connectivity index (χ1n) is 6.34. The molecule has 0 spiro atoms. The fourth-order valence-corrected chi connectivity index (χ4v) is 2.17. The van der Waals surface area contributed by atoms with Gasteiger partial charge in [-0.2, -0.15) is 0 Å². The number of ether oxygens (including phenoxy) is 2. The molecule has 0 aliphatic rings. The molecule has 6 heteroatoms. The first kappa shape index (κ1) is 16.8. The minimum Gasteiger partial charge on any atom is -0.493 e. The second kappa shape index (κ2) is 7.50. The summed E-state index contributed by atoms with van der Waals surface area (Å²) >= 11 is 3.45. The molecule has 0 fully saturated rings. The molecule has 112 valence electrons. The number of nitrogens with one attached hydrogen (secondary N) is 1. The fourth-order valence-electron chi connectivity index (χ4n) is 1.58. The van der Waals surface area contributed by atoms with Crippen molar-refractivity contribution >= 4 is 21.9 Å². The molecule has 0 bridgehead atoms. The van der Waals surface area contributed by atoms with Gasteiger partial charge in [-0.1, -0.05) is 0 Å². The number of hydrogen-bond donors (Lipinski definition) is 2. The van der Waals surface area contributed by atoms with Gasteiger partial charge in [0.2, 0.25) is 0 Å². The monoisotopic (exact) mass is 345 g/mol. The molecule has 0 radical (unpaired) electrons. The standard InChI is InChI=1S/C14H20BrNO4/c1-8(2)20-13-11(15)5-10(6-12(13)19-4)7-16-9(3)14(17)18/h5-6,8-9,16H,7H2,1-4H3,(H,17,18). The second-order valence-electron chi connectivity index (χ2n) is 4.72. The second-order valence-corrected chi connectivity index (χ2v) is 5.57. The summed E-state index contributed by atoms with van der Waals surface area (Å²) in [5.41, 5.74) is 0.915. The maximum absolute atomic E-state index is 10.8. The van der Waals surface area contributed by atoms with Crippen LogP contribution in [0, 0.1) is 0 Å². The summed E-state index contributed by atoms with van der Waals surface area (Å²) in [5.74, 6) is 0.390. The molecule has 1 unspecified atom stereocenters. The van der Waals surface area contributed by atoms with Crippen LogP contribution in [0.5, 0.6) is 11.5 Å². The number of rotatable bonds is 7. The third-order valence-corrected chi connectivity index (χ3v) is 3.21. The number of carboxylic acids is 1. The first-order valence-corrected chi connectivity index (χ1v) is 7.13. The molecule has 20 heavy (non-hydrogen) atoms. The van der Waals surface area contributed by atoms with Crippen LogP contribution in [-0.4, -0.2) is 30.3 Å². The van der Waals surface area contributed by atoms with Gasteiger partial charge in [0, 0.05) is 6.54 Å². The molecule has 0 saturated heterocycles. The lowest BCUT2D eigenvalue weighted by Gasteiger charge is -2.17. The van der Waals surface area contributed by atoms with Gasteiger partial charge in [-0.15, -0.1) is 0 Å². The molecule has 1 atom stereocenters. The van der Waals surface area contributed by atoms with E-state index in [1.54, 1.807) is 14.0 Å². The zero-order valence-corrected chi connectivity index (χ0v) is 13.7. The molecule has 5 nitrogen and oxygen atoms in total. The summed E-state index contributed by atoms with van der Waals surface area (Å²) in [6, 6.07) is 3.12. The molecule has 1 aromatic rings. The number of methoxy groups -OCH3 is 1. The van der Waals surface area contributed by atoms with E-state index in [1.165, 1.54) is 0 Å².